The third-order valence-electron chi connectivity index (χ3n) is 5.26. The molecule has 0 saturated heterocycles. The first-order valence-electron chi connectivity index (χ1n) is 9.82. The Kier molecular flexibility index (Phi) is 5.74. The van der Waals surface area contributed by atoms with Crippen LogP contribution in [0.15, 0.2) is 96.3 Å². The highest BCUT2D eigenvalue weighted by Crippen LogP contribution is 2.42. The van der Waals surface area contributed by atoms with Crippen LogP contribution in [0.5, 0.6) is 0 Å². The second-order valence-corrected chi connectivity index (χ2v) is 7.72. The predicted octanol–water partition coefficient (Wildman–Crippen LogP) is 5.83. The fourth-order valence-electron chi connectivity index (χ4n) is 3.73. The van der Waals surface area contributed by atoms with E-state index in [1.165, 1.54) is 11.0 Å². The van der Waals surface area contributed by atoms with Crippen molar-refractivity contribution in [2.45, 2.75) is 13.0 Å². The molecule has 0 bridgehead atoms. The third-order valence-corrected chi connectivity index (χ3v) is 5.51. The minimum absolute atomic E-state index is 0.0442. The molecule has 1 amide bonds. The topological polar surface area (TPSA) is 57.6 Å². The summed E-state index contributed by atoms with van der Waals surface area (Å²) >= 11 is 6.05. The molecule has 1 aliphatic heterocycles. The van der Waals surface area contributed by atoms with Crippen LogP contribution < -0.4 is 4.90 Å². The van der Waals surface area contributed by atoms with E-state index in [4.69, 9.17) is 11.6 Å². The molecule has 0 aromatic heterocycles. The van der Waals surface area contributed by atoms with E-state index < -0.39 is 23.5 Å². The van der Waals surface area contributed by atoms with E-state index in [-0.39, 0.29) is 5.57 Å². The van der Waals surface area contributed by atoms with Gasteiger partial charge in [-0.2, -0.15) is 0 Å². The largest absolute Gasteiger partial charge is 0.503 e. The molecule has 1 N–H and O–H groups in total. The maximum Gasteiger partial charge on any atom is 0.294 e. The van der Waals surface area contributed by atoms with E-state index in [1.807, 2.05) is 55.5 Å². The van der Waals surface area contributed by atoms with Gasteiger partial charge in [0, 0.05) is 10.7 Å². The fraction of sp³-hybridized carbons (Fsp3) is 0.0769. The minimum atomic E-state index is -0.765. The summed E-state index contributed by atoms with van der Waals surface area (Å²) in [4.78, 5) is 27.8. The Bertz CT molecular complexity index is 1200. The first-order chi connectivity index (χ1) is 15.0. The molecule has 31 heavy (non-hydrogen) atoms. The summed E-state index contributed by atoms with van der Waals surface area (Å²) in [5.74, 6) is -1.57. The molecule has 3 aromatic carbocycles. The zero-order valence-corrected chi connectivity index (χ0v) is 17.6. The van der Waals surface area contributed by atoms with Gasteiger partial charge in [0.05, 0.1) is 11.6 Å². The fourth-order valence-corrected chi connectivity index (χ4v) is 3.85. The van der Waals surface area contributed by atoms with Gasteiger partial charge >= 0.3 is 0 Å². The second kappa shape index (κ2) is 8.62. The molecule has 0 saturated carbocycles. The van der Waals surface area contributed by atoms with Crippen molar-refractivity contribution in [3.63, 3.8) is 0 Å². The minimum Gasteiger partial charge on any atom is -0.503 e. The normalized spacial score (nSPS) is 16.4. The predicted molar refractivity (Wildman–Crippen MR) is 123 cm³/mol. The SMILES string of the molecule is Cc1ccccc1N1C(=O)C(O)=C(C(=O)/C=C/c2ccccc2)C1c1ccc(Cl)cc1. The lowest BCUT2D eigenvalue weighted by Crippen LogP contribution is -2.31. The van der Waals surface area contributed by atoms with Gasteiger partial charge in [-0.05, 0) is 47.9 Å². The van der Waals surface area contributed by atoms with Gasteiger partial charge in [0.25, 0.3) is 5.91 Å². The smallest absolute Gasteiger partial charge is 0.294 e. The van der Waals surface area contributed by atoms with E-state index in [1.54, 1.807) is 36.4 Å². The molecular formula is C26H20ClNO3. The van der Waals surface area contributed by atoms with E-state index in [2.05, 4.69) is 0 Å². The summed E-state index contributed by atoms with van der Waals surface area (Å²) in [7, 11) is 0. The Morgan fingerprint density at radius 3 is 2.29 bits per heavy atom. The molecule has 154 valence electrons. The highest BCUT2D eigenvalue weighted by Gasteiger charge is 2.44. The lowest BCUT2D eigenvalue weighted by molar-refractivity contribution is -0.117. The van der Waals surface area contributed by atoms with Crippen molar-refractivity contribution in [3.05, 3.63) is 118 Å². The maximum absolute atomic E-state index is 13.2. The summed E-state index contributed by atoms with van der Waals surface area (Å²) in [6, 6.07) is 22.9. The lowest BCUT2D eigenvalue weighted by Gasteiger charge is -2.28. The molecule has 1 unspecified atom stereocenters. The molecule has 0 fully saturated rings. The number of aliphatic hydroxyl groups is 1. The number of allylic oxidation sites excluding steroid dienone is 1. The molecule has 0 radical (unpaired) electrons. The van der Waals surface area contributed by atoms with Crippen molar-refractivity contribution in [2.24, 2.45) is 0 Å². The number of hydrogen-bond donors (Lipinski definition) is 1. The molecule has 4 rings (SSSR count). The third kappa shape index (κ3) is 4.03. The maximum atomic E-state index is 13.2. The molecule has 3 aromatic rings. The highest BCUT2D eigenvalue weighted by atomic mass is 35.5. The Hall–Kier alpha value is -3.63. The number of amides is 1. The van der Waals surface area contributed by atoms with E-state index in [0.717, 1.165) is 11.1 Å². The van der Waals surface area contributed by atoms with Crippen molar-refractivity contribution in [2.75, 3.05) is 4.90 Å². The van der Waals surface area contributed by atoms with Crippen molar-refractivity contribution >= 4 is 35.1 Å². The van der Waals surface area contributed by atoms with Crippen LogP contribution in [0.1, 0.15) is 22.7 Å². The number of aliphatic hydroxyl groups excluding tert-OH is 1. The average molecular weight is 430 g/mol. The van der Waals surface area contributed by atoms with Crippen LogP contribution in [0, 0.1) is 6.92 Å². The van der Waals surface area contributed by atoms with Crippen LogP contribution >= 0.6 is 11.6 Å². The van der Waals surface area contributed by atoms with E-state index in [9.17, 15) is 14.7 Å². The average Bonchev–Trinajstić information content (AvgIpc) is 3.04. The van der Waals surface area contributed by atoms with Crippen LogP contribution in [0.25, 0.3) is 6.08 Å². The number of halogens is 1. The van der Waals surface area contributed by atoms with Gasteiger partial charge < -0.3 is 5.11 Å². The zero-order valence-electron chi connectivity index (χ0n) is 16.8. The van der Waals surface area contributed by atoms with Gasteiger partial charge in [-0.15, -0.1) is 0 Å². The number of para-hydroxylation sites is 1. The van der Waals surface area contributed by atoms with E-state index >= 15 is 0 Å². The molecular weight excluding hydrogens is 410 g/mol. The molecule has 0 spiro atoms. The number of nitrogens with zero attached hydrogens (tertiary/aromatic N) is 1. The number of hydrogen-bond acceptors (Lipinski definition) is 3. The Morgan fingerprint density at radius 2 is 1.61 bits per heavy atom. The molecule has 4 nitrogen and oxygen atoms in total. The Morgan fingerprint density at radius 1 is 0.968 bits per heavy atom. The first kappa shape index (κ1) is 20.6. The lowest BCUT2D eigenvalue weighted by atomic mass is 9.95. The molecule has 1 atom stereocenters. The zero-order chi connectivity index (χ0) is 22.0. The molecule has 5 heteroatoms. The number of aryl methyl sites for hydroxylation is 1. The van der Waals surface area contributed by atoms with Crippen LogP contribution in [0.4, 0.5) is 5.69 Å². The number of rotatable bonds is 5. The first-order valence-corrected chi connectivity index (χ1v) is 10.2. The summed E-state index contributed by atoms with van der Waals surface area (Å²) in [5, 5.41) is 11.3. The number of carbonyl (C=O) groups excluding carboxylic acids is 2. The van der Waals surface area contributed by atoms with Crippen LogP contribution in [0.3, 0.4) is 0 Å². The van der Waals surface area contributed by atoms with Crippen molar-refractivity contribution in [3.8, 4) is 0 Å². The summed E-state index contributed by atoms with van der Waals surface area (Å²) in [5.41, 5.74) is 3.06. The number of carbonyl (C=O) groups is 2. The van der Waals surface area contributed by atoms with Gasteiger partial charge in [-0.3, -0.25) is 14.5 Å². The second-order valence-electron chi connectivity index (χ2n) is 7.29. The van der Waals surface area contributed by atoms with Gasteiger partial charge in [0.15, 0.2) is 11.5 Å². The van der Waals surface area contributed by atoms with Gasteiger partial charge in [0.1, 0.15) is 0 Å². The molecule has 1 heterocycles. The Labute approximate surface area is 185 Å². The number of anilines is 1. The number of benzene rings is 3. The quantitative estimate of drug-likeness (QED) is 0.519. The van der Waals surface area contributed by atoms with Gasteiger partial charge in [-0.25, -0.2) is 0 Å². The number of ketones is 1. The monoisotopic (exact) mass is 429 g/mol. The Balaban J connectivity index is 1.81. The standard InChI is InChI=1S/C26H20ClNO3/c1-17-7-5-6-10-21(17)28-24(19-12-14-20(27)15-13-19)23(25(30)26(28)31)22(29)16-11-18-8-3-2-4-9-18/h2-16,24,30H,1H3/b16-11+. The molecule has 0 aliphatic carbocycles. The highest BCUT2D eigenvalue weighted by molar-refractivity contribution is 6.30. The van der Waals surface area contributed by atoms with Gasteiger partial charge in [0.2, 0.25) is 0 Å². The van der Waals surface area contributed by atoms with Crippen LogP contribution in [0.2, 0.25) is 5.02 Å². The summed E-state index contributed by atoms with van der Waals surface area (Å²) in [6.07, 6.45) is 3.06. The van der Waals surface area contributed by atoms with E-state index in [0.29, 0.717) is 16.3 Å². The molecule has 1 aliphatic rings. The van der Waals surface area contributed by atoms with Crippen molar-refractivity contribution in [1.82, 2.24) is 0 Å². The van der Waals surface area contributed by atoms with Crippen molar-refractivity contribution < 1.29 is 14.7 Å². The summed E-state index contributed by atoms with van der Waals surface area (Å²) in [6.45, 7) is 1.88. The van der Waals surface area contributed by atoms with Crippen molar-refractivity contribution in [1.29, 1.82) is 0 Å². The summed E-state index contributed by atoms with van der Waals surface area (Å²) < 4.78 is 0. The van der Waals surface area contributed by atoms with Crippen LogP contribution in [-0.2, 0) is 9.59 Å². The van der Waals surface area contributed by atoms with Crippen LogP contribution in [-0.4, -0.2) is 16.8 Å². The van der Waals surface area contributed by atoms with Gasteiger partial charge in [-0.1, -0.05) is 78.3 Å².